The van der Waals surface area contributed by atoms with Gasteiger partial charge in [0.1, 0.15) is 18.2 Å². The molecule has 4 rings (SSSR count). The Labute approximate surface area is 164 Å². The molecule has 0 spiro atoms. The summed E-state index contributed by atoms with van der Waals surface area (Å²) < 4.78 is 24.9. The maximum Gasteiger partial charge on any atom is 0.271 e. The van der Waals surface area contributed by atoms with Gasteiger partial charge in [-0.25, -0.2) is 9.37 Å². The zero-order valence-electron chi connectivity index (χ0n) is 15.4. The van der Waals surface area contributed by atoms with Crippen LogP contribution in [0.2, 0.25) is 0 Å². The van der Waals surface area contributed by atoms with Crippen molar-refractivity contribution in [1.82, 2.24) is 9.97 Å². The fourth-order valence-corrected chi connectivity index (χ4v) is 2.95. The number of nitrogens with one attached hydrogen (secondary N) is 1. The SMILES string of the molecule is COc1cc(-c2nc3ccc([N+](=O)[O-])cc3[nH]2)ccc1OCc1ccccc1F. The van der Waals surface area contributed by atoms with E-state index in [2.05, 4.69) is 9.97 Å². The smallest absolute Gasteiger partial charge is 0.271 e. The van der Waals surface area contributed by atoms with Crippen LogP contribution >= 0.6 is 0 Å². The van der Waals surface area contributed by atoms with Crippen LogP contribution < -0.4 is 9.47 Å². The van der Waals surface area contributed by atoms with Crippen LogP contribution in [0.4, 0.5) is 10.1 Å². The van der Waals surface area contributed by atoms with E-state index in [1.54, 1.807) is 42.5 Å². The summed E-state index contributed by atoms with van der Waals surface area (Å²) in [7, 11) is 1.51. The third kappa shape index (κ3) is 3.73. The van der Waals surface area contributed by atoms with Crippen LogP contribution in [-0.4, -0.2) is 22.0 Å². The summed E-state index contributed by atoms with van der Waals surface area (Å²) in [5, 5.41) is 10.9. The van der Waals surface area contributed by atoms with Gasteiger partial charge in [-0.3, -0.25) is 10.1 Å². The van der Waals surface area contributed by atoms with E-state index < -0.39 is 4.92 Å². The molecule has 29 heavy (non-hydrogen) atoms. The highest BCUT2D eigenvalue weighted by Crippen LogP contribution is 2.33. The van der Waals surface area contributed by atoms with Gasteiger partial charge in [0.05, 0.1) is 23.1 Å². The third-order valence-electron chi connectivity index (χ3n) is 4.45. The lowest BCUT2D eigenvalue weighted by Gasteiger charge is -2.12. The summed E-state index contributed by atoms with van der Waals surface area (Å²) in [4.78, 5) is 18.0. The van der Waals surface area contributed by atoms with Crippen molar-refractivity contribution >= 4 is 16.7 Å². The molecule has 146 valence electrons. The number of halogens is 1. The first-order chi connectivity index (χ1) is 14.0. The molecule has 0 saturated heterocycles. The minimum absolute atomic E-state index is 0.0119. The lowest BCUT2D eigenvalue weighted by atomic mass is 10.2. The van der Waals surface area contributed by atoms with E-state index in [1.807, 2.05) is 0 Å². The predicted octanol–water partition coefficient (Wildman–Crippen LogP) is 4.86. The molecule has 0 fully saturated rings. The molecule has 0 atom stereocenters. The van der Waals surface area contributed by atoms with Gasteiger partial charge >= 0.3 is 0 Å². The van der Waals surface area contributed by atoms with Crippen molar-refractivity contribution in [2.24, 2.45) is 0 Å². The number of methoxy groups -OCH3 is 1. The average Bonchev–Trinajstić information content (AvgIpc) is 3.16. The first-order valence-corrected chi connectivity index (χ1v) is 8.74. The number of hydrogen-bond donors (Lipinski definition) is 1. The molecule has 3 aromatic carbocycles. The number of rotatable bonds is 6. The van der Waals surface area contributed by atoms with Crippen molar-refractivity contribution in [2.75, 3.05) is 7.11 Å². The molecule has 4 aromatic rings. The number of H-pyrrole nitrogens is 1. The van der Waals surface area contributed by atoms with E-state index in [0.29, 0.717) is 33.9 Å². The molecule has 0 radical (unpaired) electrons. The largest absolute Gasteiger partial charge is 0.493 e. The number of hydrogen-bond acceptors (Lipinski definition) is 5. The zero-order valence-corrected chi connectivity index (χ0v) is 15.4. The van der Waals surface area contributed by atoms with Gasteiger partial charge in [-0.1, -0.05) is 18.2 Å². The number of nitro benzene ring substituents is 1. The second-order valence-corrected chi connectivity index (χ2v) is 6.29. The fraction of sp³-hybridized carbons (Fsp3) is 0.0952. The second-order valence-electron chi connectivity index (χ2n) is 6.29. The van der Waals surface area contributed by atoms with Crippen LogP contribution in [0.5, 0.6) is 11.5 Å². The third-order valence-corrected chi connectivity index (χ3v) is 4.45. The Hall–Kier alpha value is -3.94. The van der Waals surface area contributed by atoms with Crippen LogP contribution in [0, 0.1) is 15.9 Å². The van der Waals surface area contributed by atoms with Crippen LogP contribution in [0.1, 0.15) is 5.56 Å². The maximum absolute atomic E-state index is 13.8. The van der Waals surface area contributed by atoms with E-state index >= 15 is 0 Å². The van der Waals surface area contributed by atoms with Crippen molar-refractivity contribution in [2.45, 2.75) is 6.61 Å². The molecule has 0 unspecified atom stereocenters. The average molecular weight is 393 g/mol. The van der Waals surface area contributed by atoms with Gasteiger partial charge in [-0.2, -0.15) is 0 Å². The molecule has 8 heteroatoms. The molecule has 0 aliphatic carbocycles. The molecule has 1 aromatic heterocycles. The van der Waals surface area contributed by atoms with Gasteiger partial charge in [0.2, 0.25) is 0 Å². The summed E-state index contributed by atoms with van der Waals surface area (Å²) in [6.45, 7) is 0.0662. The fourth-order valence-electron chi connectivity index (χ4n) is 2.95. The summed E-state index contributed by atoms with van der Waals surface area (Å²) >= 11 is 0. The number of aromatic nitrogens is 2. The van der Waals surface area contributed by atoms with Crippen molar-refractivity contribution in [3.8, 4) is 22.9 Å². The molecule has 0 bridgehead atoms. The van der Waals surface area contributed by atoms with Gasteiger partial charge < -0.3 is 14.5 Å². The van der Waals surface area contributed by atoms with E-state index in [1.165, 1.54) is 25.3 Å². The van der Waals surface area contributed by atoms with E-state index in [0.717, 1.165) is 5.56 Å². The Morgan fingerprint density at radius 2 is 1.93 bits per heavy atom. The second kappa shape index (κ2) is 7.59. The number of ether oxygens (including phenoxy) is 2. The van der Waals surface area contributed by atoms with E-state index in [4.69, 9.17) is 9.47 Å². The molecule has 0 aliphatic rings. The minimum Gasteiger partial charge on any atom is -0.493 e. The normalized spacial score (nSPS) is 10.8. The zero-order chi connectivity index (χ0) is 20.4. The Morgan fingerprint density at radius 1 is 1.10 bits per heavy atom. The molecule has 1 N–H and O–H groups in total. The lowest BCUT2D eigenvalue weighted by Crippen LogP contribution is -2.00. The Bertz CT molecular complexity index is 1210. The van der Waals surface area contributed by atoms with E-state index in [9.17, 15) is 14.5 Å². The predicted molar refractivity (Wildman–Crippen MR) is 105 cm³/mol. The quantitative estimate of drug-likeness (QED) is 0.373. The monoisotopic (exact) mass is 393 g/mol. The molecule has 0 saturated carbocycles. The first-order valence-electron chi connectivity index (χ1n) is 8.74. The lowest BCUT2D eigenvalue weighted by molar-refractivity contribution is -0.384. The van der Waals surface area contributed by atoms with Crippen LogP contribution in [0.15, 0.2) is 60.7 Å². The van der Waals surface area contributed by atoms with Crippen LogP contribution in [0.3, 0.4) is 0 Å². The molecule has 0 amide bonds. The Balaban J connectivity index is 1.61. The Kier molecular flexibility index (Phi) is 4.82. The van der Waals surface area contributed by atoms with Gasteiger partial charge in [-0.05, 0) is 30.3 Å². The van der Waals surface area contributed by atoms with Crippen molar-refractivity contribution < 1.29 is 18.8 Å². The number of fused-ring (bicyclic) bond motifs is 1. The standard InChI is InChI=1S/C21H16FN3O4/c1-28-20-10-13(6-9-19(20)29-12-14-4-2-3-5-16(14)22)21-23-17-8-7-15(25(26)27)11-18(17)24-21/h2-11H,12H2,1H3,(H,23,24). The number of imidazole rings is 1. The molecule has 1 heterocycles. The molecule has 7 nitrogen and oxygen atoms in total. The minimum atomic E-state index is -0.454. The van der Waals surface area contributed by atoms with Gasteiger partial charge in [-0.15, -0.1) is 0 Å². The summed E-state index contributed by atoms with van der Waals surface area (Å²) in [5.74, 6) is 1.13. The number of nitrogens with zero attached hydrogens (tertiary/aromatic N) is 2. The highest BCUT2D eigenvalue weighted by molar-refractivity contribution is 5.81. The summed E-state index contributed by atoms with van der Waals surface area (Å²) in [6.07, 6.45) is 0. The van der Waals surface area contributed by atoms with Crippen molar-refractivity contribution in [3.63, 3.8) is 0 Å². The Morgan fingerprint density at radius 3 is 2.69 bits per heavy atom. The first kappa shape index (κ1) is 18.4. The number of nitro groups is 1. The molecule has 0 aliphatic heterocycles. The highest BCUT2D eigenvalue weighted by atomic mass is 19.1. The van der Waals surface area contributed by atoms with E-state index in [-0.39, 0.29) is 18.1 Å². The van der Waals surface area contributed by atoms with Crippen LogP contribution in [-0.2, 0) is 6.61 Å². The van der Waals surface area contributed by atoms with Gasteiger partial charge in [0, 0.05) is 23.3 Å². The van der Waals surface area contributed by atoms with Gasteiger partial charge in [0.25, 0.3) is 5.69 Å². The highest BCUT2D eigenvalue weighted by Gasteiger charge is 2.13. The summed E-state index contributed by atoms with van der Waals surface area (Å²) in [6, 6.07) is 16.1. The topological polar surface area (TPSA) is 90.3 Å². The molecular weight excluding hydrogens is 377 g/mol. The van der Waals surface area contributed by atoms with Crippen molar-refractivity contribution in [3.05, 3.63) is 82.2 Å². The molecular formula is C21H16FN3O4. The number of benzene rings is 3. The van der Waals surface area contributed by atoms with Gasteiger partial charge in [0.15, 0.2) is 11.5 Å². The van der Waals surface area contributed by atoms with Crippen molar-refractivity contribution in [1.29, 1.82) is 0 Å². The summed E-state index contributed by atoms with van der Waals surface area (Å²) in [5.41, 5.74) is 2.33. The maximum atomic E-state index is 13.8. The van der Waals surface area contributed by atoms with Crippen LogP contribution in [0.25, 0.3) is 22.4 Å². The number of non-ortho nitro benzene ring substituents is 1. The number of aromatic amines is 1.